The fourth-order valence-electron chi connectivity index (χ4n) is 1.84. The maximum absolute atomic E-state index is 12.5. The van der Waals surface area contributed by atoms with Crippen LogP contribution in [0.3, 0.4) is 0 Å². The molecule has 0 aliphatic carbocycles. The lowest BCUT2D eigenvalue weighted by molar-refractivity contribution is 0.595. The first-order chi connectivity index (χ1) is 9.45. The molecule has 1 aromatic heterocycles. The summed E-state index contributed by atoms with van der Waals surface area (Å²) in [6.07, 6.45) is 1.57. The number of benzene rings is 1. The van der Waals surface area contributed by atoms with Crippen LogP contribution in [-0.4, -0.2) is 13.4 Å². The number of hydrogen-bond donors (Lipinski definition) is 1. The van der Waals surface area contributed by atoms with Crippen molar-refractivity contribution in [2.75, 3.05) is 0 Å². The number of nitrogens with two attached hydrogens (primary N) is 1. The zero-order valence-corrected chi connectivity index (χ0v) is 12.7. The van der Waals surface area contributed by atoms with Gasteiger partial charge < -0.3 is 5.73 Å². The Hall–Kier alpha value is -1.14. The van der Waals surface area contributed by atoms with Crippen molar-refractivity contribution in [2.45, 2.75) is 17.2 Å². The van der Waals surface area contributed by atoms with Crippen LogP contribution in [0.4, 0.5) is 0 Å². The van der Waals surface area contributed by atoms with Crippen molar-refractivity contribution in [3.8, 4) is 0 Å². The molecule has 0 atom stereocenters. The van der Waals surface area contributed by atoms with Crippen LogP contribution in [0, 0.1) is 0 Å². The lowest BCUT2D eigenvalue weighted by Gasteiger charge is -2.10. The number of sulfone groups is 1. The van der Waals surface area contributed by atoms with Gasteiger partial charge in [-0.15, -0.1) is 0 Å². The summed E-state index contributed by atoms with van der Waals surface area (Å²) in [6, 6.07) is 7.93. The van der Waals surface area contributed by atoms with Crippen LogP contribution in [0.15, 0.2) is 41.4 Å². The molecule has 4 nitrogen and oxygen atoms in total. The summed E-state index contributed by atoms with van der Waals surface area (Å²) < 4.78 is 24.9. The molecule has 20 heavy (non-hydrogen) atoms. The maximum Gasteiger partial charge on any atom is 0.185 e. The summed E-state index contributed by atoms with van der Waals surface area (Å²) >= 11 is 11.9. The number of pyridine rings is 1. The van der Waals surface area contributed by atoms with E-state index < -0.39 is 9.84 Å². The molecule has 1 heterocycles. The first-order valence-electron chi connectivity index (χ1n) is 5.75. The van der Waals surface area contributed by atoms with Crippen molar-refractivity contribution >= 4 is 33.0 Å². The van der Waals surface area contributed by atoms with Gasteiger partial charge in [0, 0.05) is 12.7 Å². The van der Waals surface area contributed by atoms with Gasteiger partial charge in [-0.25, -0.2) is 8.42 Å². The van der Waals surface area contributed by atoms with Crippen molar-refractivity contribution in [3.05, 3.63) is 57.8 Å². The van der Waals surface area contributed by atoms with Gasteiger partial charge in [0.25, 0.3) is 0 Å². The highest BCUT2D eigenvalue weighted by atomic mass is 35.5. The van der Waals surface area contributed by atoms with Crippen molar-refractivity contribution in [2.24, 2.45) is 5.73 Å². The van der Waals surface area contributed by atoms with E-state index in [4.69, 9.17) is 28.9 Å². The lowest BCUT2D eigenvalue weighted by Crippen LogP contribution is -2.11. The van der Waals surface area contributed by atoms with Crippen LogP contribution < -0.4 is 5.73 Å². The lowest BCUT2D eigenvalue weighted by atomic mass is 10.2. The molecule has 0 aliphatic heterocycles. The van der Waals surface area contributed by atoms with Gasteiger partial charge in [0.2, 0.25) is 0 Å². The second-order valence-corrected chi connectivity index (χ2v) is 6.86. The smallest absolute Gasteiger partial charge is 0.185 e. The van der Waals surface area contributed by atoms with Crippen LogP contribution in [0.2, 0.25) is 10.0 Å². The van der Waals surface area contributed by atoms with Gasteiger partial charge in [0.05, 0.1) is 21.5 Å². The summed E-state index contributed by atoms with van der Waals surface area (Å²) in [5.41, 5.74) is 6.65. The molecule has 0 radical (unpaired) electrons. The minimum atomic E-state index is -3.67. The topological polar surface area (TPSA) is 73.0 Å². The third-order valence-electron chi connectivity index (χ3n) is 2.75. The zero-order chi connectivity index (χ0) is 14.8. The van der Waals surface area contributed by atoms with E-state index in [2.05, 4.69) is 4.98 Å². The molecule has 0 saturated heterocycles. The minimum Gasteiger partial charge on any atom is -0.325 e. The Kier molecular flexibility index (Phi) is 4.65. The quantitative estimate of drug-likeness (QED) is 0.935. The first-order valence-corrected chi connectivity index (χ1v) is 8.16. The molecule has 1 aromatic carbocycles. The van der Waals surface area contributed by atoms with Crippen molar-refractivity contribution in [3.63, 3.8) is 0 Å². The summed E-state index contributed by atoms with van der Waals surface area (Å²) in [5.74, 6) is -0.239. The van der Waals surface area contributed by atoms with E-state index in [1.165, 1.54) is 12.1 Å². The second-order valence-electron chi connectivity index (χ2n) is 4.12. The number of halogens is 2. The van der Waals surface area contributed by atoms with Crippen LogP contribution >= 0.6 is 23.2 Å². The average Bonchev–Trinajstić information content (AvgIpc) is 2.38. The molecule has 0 amide bonds. The van der Waals surface area contributed by atoms with E-state index in [-0.39, 0.29) is 27.2 Å². The van der Waals surface area contributed by atoms with Crippen molar-refractivity contribution in [1.29, 1.82) is 0 Å². The predicted octanol–water partition coefficient (Wildman–Crippen LogP) is 2.82. The molecule has 7 heteroatoms. The molecule has 2 rings (SSSR count). The maximum atomic E-state index is 12.5. The Morgan fingerprint density at radius 2 is 1.75 bits per heavy atom. The largest absolute Gasteiger partial charge is 0.325 e. The Morgan fingerprint density at radius 1 is 1.10 bits per heavy atom. The fourth-order valence-corrected chi connectivity index (χ4v) is 4.49. The minimum absolute atomic E-state index is 0.0600. The van der Waals surface area contributed by atoms with Crippen LogP contribution in [-0.2, 0) is 22.1 Å². The SMILES string of the molecule is NCc1ncccc1CS(=O)(=O)c1c(Cl)cccc1Cl. The molecular formula is C13H12Cl2N2O2S. The normalized spacial score (nSPS) is 11.6. The third kappa shape index (κ3) is 3.12. The van der Waals surface area contributed by atoms with E-state index in [1.807, 2.05) is 0 Å². The first kappa shape index (κ1) is 15.3. The van der Waals surface area contributed by atoms with Crippen molar-refractivity contribution in [1.82, 2.24) is 4.98 Å². The summed E-state index contributed by atoms with van der Waals surface area (Å²) in [5, 5.41) is 0.214. The molecule has 0 saturated carbocycles. The Balaban J connectivity index is 2.47. The van der Waals surface area contributed by atoms with Crippen LogP contribution in [0.25, 0.3) is 0 Å². The highest BCUT2D eigenvalue weighted by Gasteiger charge is 2.23. The number of aromatic nitrogens is 1. The standard InChI is InChI=1S/C13H12Cl2N2O2S/c14-10-4-1-5-11(15)13(10)20(18,19)8-9-3-2-6-17-12(9)7-16/h1-6H,7-8,16H2. The predicted molar refractivity (Wildman–Crippen MR) is 79.5 cm³/mol. The summed E-state index contributed by atoms with van der Waals surface area (Å²) in [4.78, 5) is 4.00. The van der Waals surface area contributed by atoms with Gasteiger partial charge in [-0.2, -0.15) is 0 Å². The molecule has 106 valence electrons. The van der Waals surface area contributed by atoms with E-state index in [0.717, 1.165) is 0 Å². The molecule has 2 aromatic rings. The van der Waals surface area contributed by atoms with Crippen LogP contribution in [0.5, 0.6) is 0 Å². The van der Waals surface area contributed by atoms with Gasteiger partial charge in [0.15, 0.2) is 9.84 Å². The number of nitrogens with zero attached hydrogens (tertiary/aromatic N) is 1. The van der Waals surface area contributed by atoms with Gasteiger partial charge in [-0.3, -0.25) is 4.98 Å². The molecule has 0 unspecified atom stereocenters. The molecule has 0 fully saturated rings. The second kappa shape index (κ2) is 6.10. The van der Waals surface area contributed by atoms with E-state index in [9.17, 15) is 8.42 Å². The van der Waals surface area contributed by atoms with E-state index in [0.29, 0.717) is 11.3 Å². The number of hydrogen-bond acceptors (Lipinski definition) is 4. The van der Waals surface area contributed by atoms with E-state index in [1.54, 1.807) is 24.4 Å². The van der Waals surface area contributed by atoms with Gasteiger partial charge >= 0.3 is 0 Å². The molecule has 0 bridgehead atoms. The fraction of sp³-hybridized carbons (Fsp3) is 0.154. The summed E-state index contributed by atoms with van der Waals surface area (Å²) in [7, 11) is -3.67. The molecule has 0 aliphatic rings. The highest BCUT2D eigenvalue weighted by molar-refractivity contribution is 7.90. The third-order valence-corrected chi connectivity index (χ3v) is 5.36. The van der Waals surface area contributed by atoms with Gasteiger partial charge in [-0.1, -0.05) is 35.3 Å². The highest BCUT2D eigenvalue weighted by Crippen LogP contribution is 2.31. The van der Waals surface area contributed by atoms with Crippen molar-refractivity contribution < 1.29 is 8.42 Å². The van der Waals surface area contributed by atoms with Crippen LogP contribution in [0.1, 0.15) is 11.3 Å². The number of rotatable bonds is 4. The monoisotopic (exact) mass is 330 g/mol. The van der Waals surface area contributed by atoms with E-state index >= 15 is 0 Å². The molecule has 0 spiro atoms. The Morgan fingerprint density at radius 3 is 2.35 bits per heavy atom. The van der Waals surface area contributed by atoms with Gasteiger partial charge in [0.1, 0.15) is 4.90 Å². The van der Waals surface area contributed by atoms with Gasteiger partial charge in [-0.05, 0) is 23.8 Å². The summed E-state index contributed by atoms with van der Waals surface area (Å²) in [6.45, 7) is 0.169. The Bertz CT molecular complexity index is 713. The zero-order valence-electron chi connectivity index (χ0n) is 10.4. The Labute approximate surface area is 127 Å². The molecule has 2 N–H and O–H groups in total. The average molecular weight is 331 g/mol. The molecular weight excluding hydrogens is 319 g/mol.